The van der Waals surface area contributed by atoms with Crippen LogP contribution < -0.4 is 5.73 Å². The molecule has 2 aliphatic heterocycles. The molecule has 0 aliphatic carbocycles. The fraction of sp³-hybridized carbons (Fsp3) is 1.00. The molecule has 4 nitrogen and oxygen atoms in total. The largest absolute Gasteiger partial charge is 0.377 e. The van der Waals surface area contributed by atoms with Crippen molar-refractivity contribution in [3.8, 4) is 0 Å². The number of nitrogens with two attached hydrogens (primary N) is 1. The van der Waals surface area contributed by atoms with Gasteiger partial charge in [0.2, 0.25) is 0 Å². The third-order valence-electron chi connectivity index (χ3n) is 5.29. The van der Waals surface area contributed by atoms with E-state index in [9.17, 15) is 0 Å². The van der Waals surface area contributed by atoms with Gasteiger partial charge in [0.05, 0.1) is 6.10 Å². The lowest BCUT2D eigenvalue weighted by molar-refractivity contribution is -0.00730. The van der Waals surface area contributed by atoms with Gasteiger partial charge in [-0.2, -0.15) is 0 Å². The van der Waals surface area contributed by atoms with Crippen LogP contribution in [-0.2, 0) is 4.74 Å². The van der Waals surface area contributed by atoms with Gasteiger partial charge in [-0.3, -0.25) is 4.90 Å². The third kappa shape index (κ3) is 3.13. The quantitative estimate of drug-likeness (QED) is 0.817. The van der Waals surface area contributed by atoms with E-state index in [2.05, 4.69) is 30.7 Å². The Morgan fingerprint density at radius 3 is 2.53 bits per heavy atom. The number of ether oxygens (including phenoxy) is 1. The van der Waals surface area contributed by atoms with Crippen LogP contribution in [0, 0.1) is 0 Å². The maximum atomic E-state index is 6.17. The highest BCUT2D eigenvalue weighted by molar-refractivity contribution is 4.99. The SMILES string of the molecule is CCCN1CCC(CN)(N(C)C2CCOC2C)CC1. The average Bonchev–Trinajstić information content (AvgIpc) is 2.85. The normalized spacial score (nSPS) is 32.1. The van der Waals surface area contributed by atoms with Gasteiger partial charge in [0.1, 0.15) is 0 Å². The van der Waals surface area contributed by atoms with Crippen molar-refractivity contribution in [3.05, 3.63) is 0 Å². The first kappa shape index (κ1) is 15.2. The van der Waals surface area contributed by atoms with Gasteiger partial charge in [0, 0.05) is 24.7 Å². The predicted molar refractivity (Wildman–Crippen MR) is 79.3 cm³/mol. The molecule has 2 saturated heterocycles. The van der Waals surface area contributed by atoms with Gasteiger partial charge in [-0.05, 0) is 59.3 Å². The second-order valence-corrected chi connectivity index (χ2v) is 6.31. The maximum Gasteiger partial charge on any atom is 0.0703 e. The summed E-state index contributed by atoms with van der Waals surface area (Å²) >= 11 is 0. The van der Waals surface area contributed by atoms with Gasteiger partial charge in [0.25, 0.3) is 0 Å². The lowest BCUT2D eigenvalue weighted by Crippen LogP contribution is -2.61. The van der Waals surface area contributed by atoms with Crippen molar-refractivity contribution in [2.24, 2.45) is 5.73 Å². The molecule has 0 spiro atoms. The standard InChI is InChI=1S/C15H31N3O/c1-4-8-18-9-6-15(12-16,7-10-18)17(3)14-5-11-19-13(14)2/h13-14H,4-12,16H2,1-3H3. The Balaban J connectivity index is 1.99. The number of hydrogen-bond acceptors (Lipinski definition) is 4. The van der Waals surface area contributed by atoms with Crippen LogP contribution in [-0.4, -0.2) is 67.3 Å². The van der Waals surface area contributed by atoms with E-state index in [1.54, 1.807) is 0 Å². The molecule has 4 heteroatoms. The van der Waals surface area contributed by atoms with Gasteiger partial charge in [-0.1, -0.05) is 6.92 Å². The van der Waals surface area contributed by atoms with E-state index in [1.165, 1.54) is 38.9 Å². The van der Waals surface area contributed by atoms with Gasteiger partial charge in [0.15, 0.2) is 0 Å². The maximum absolute atomic E-state index is 6.17. The van der Waals surface area contributed by atoms with Crippen LogP contribution in [0.4, 0.5) is 0 Å². The smallest absolute Gasteiger partial charge is 0.0703 e. The summed E-state index contributed by atoms with van der Waals surface area (Å²) in [4.78, 5) is 5.13. The first-order valence-electron chi connectivity index (χ1n) is 7.90. The van der Waals surface area contributed by atoms with E-state index in [-0.39, 0.29) is 5.54 Å². The van der Waals surface area contributed by atoms with Crippen molar-refractivity contribution < 1.29 is 4.74 Å². The van der Waals surface area contributed by atoms with Crippen LogP contribution >= 0.6 is 0 Å². The summed E-state index contributed by atoms with van der Waals surface area (Å²) in [6.45, 7) is 9.74. The molecule has 2 N–H and O–H groups in total. The van der Waals surface area contributed by atoms with Crippen molar-refractivity contribution >= 4 is 0 Å². The number of likely N-dealkylation sites (tertiary alicyclic amines) is 1. The lowest BCUT2D eigenvalue weighted by Gasteiger charge is -2.49. The minimum Gasteiger partial charge on any atom is -0.377 e. The number of rotatable bonds is 5. The Bertz CT molecular complexity index is 277. The van der Waals surface area contributed by atoms with Crippen molar-refractivity contribution in [1.29, 1.82) is 0 Å². The zero-order chi connectivity index (χ0) is 13.9. The molecule has 0 radical (unpaired) electrons. The van der Waals surface area contributed by atoms with Crippen molar-refractivity contribution in [1.82, 2.24) is 9.80 Å². The molecule has 0 saturated carbocycles. The molecule has 112 valence electrons. The van der Waals surface area contributed by atoms with Crippen LogP contribution in [0.3, 0.4) is 0 Å². The second kappa shape index (κ2) is 6.53. The first-order chi connectivity index (χ1) is 9.13. The van der Waals surface area contributed by atoms with Crippen molar-refractivity contribution in [2.45, 2.75) is 57.2 Å². The van der Waals surface area contributed by atoms with Crippen molar-refractivity contribution in [3.63, 3.8) is 0 Å². The highest BCUT2D eigenvalue weighted by Crippen LogP contribution is 2.32. The third-order valence-corrected chi connectivity index (χ3v) is 5.29. The molecular formula is C15H31N3O. The summed E-state index contributed by atoms with van der Waals surface area (Å²) in [6.07, 6.45) is 5.14. The average molecular weight is 269 g/mol. The molecule has 2 rings (SSSR count). The van der Waals surface area contributed by atoms with E-state index in [1.807, 2.05) is 0 Å². The lowest BCUT2D eigenvalue weighted by atomic mass is 9.84. The predicted octanol–water partition coefficient (Wildman–Crippen LogP) is 1.30. The number of hydrogen-bond donors (Lipinski definition) is 1. The van der Waals surface area contributed by atoms with E-state index < -0.39 is 0 Å². The van der Waals surface area contributed by atoms with Crippen LogP contribution in [0.15, 0.2) is 0 Å². The molecule has 2 aliphatic rings. The highest BCUT2D eigenvalue weighted by Gasteiger charge is 2.42. The summed E-state index contributed by atoms with van der Waals surface area (Å²) in [6, 6.07) is 0.543. The fourth-order valence-electron chi connectivity index (χ4n) is 3.79. The minimum atomic E-state index is 0.191. The fourth-order valence-corrected chi connectivity index (χ4v) is 3.79. The van der Waals surface area contributed by atoms with Crippen LogP contribution in [0.1, 0.15) is 39.5 Å². The Morgan fingerprint density at radius 2 is 2.05 bits per heavy atom. The van der Waals surface area contributed by atoms with Crippen LogP contribution in [0.5, 0.6) is 0 Å². The van der Waals surface area contributed by atoms with Crippen LogP contribution in [0.25, 0.3) is 0 Å². The number of nitrogens with zero attached hydrogens (tertiary/aromatic N) is 2. The monoisotopic (exact) mass is 269 g/mol. The van der Waals surface area contributed by atoms with E-state index >= 15 is 0 Å². The van der Waals surface area contributed by atoms with E-state index in [0.717, 1.165) is 19.6 Å². The second-order valence-electron chi connectivity index (χ2n) is 6.31. The minimum absolute atomic E-state index is 0.191. The van der Waals surface area contributed by atoms with Gasteiger partial charge < -0.3 is 15.4 Å². The highest BCUT2D eigenvalue weighted by atomic mass is 16.5. The molecule has 2 heterocycles. The summed E-state index contributed by atoms with van der Waals surface area (Å²) < 4.78 is 5.73. The molecule has 0 bridgehead atoms. The number of likely N-dealkylation sites (N-methyl/N-ethyl adjacent to an activating group) is 1. The first-order valence-corrected chi connectivity index (χ1v) is 7.90. The Kier molecular flexibility index (Phi) is 5.23. The molecule has 2 fully saturated rings. The molecule has 0 aromatic carbocycles. The molecular weight excluding hydrogens is 238 g/mol. The molecule has 19 heavy (non-hydrogen) atoms. The van der Waals surface area contributed by atoms with E-state index in [4.69, 9.17) is 10.5 Å². The topological polar surface area (TPSA) is 41.7 Å². The van der Waals surface area contributed by atoms with E-state index in [0.29, 0.717) is 12.1 Å². The summed E-state index contributed by atoms with van der Waals surface area (Å²) in [5.74, 6) is 0. The zero-order valence-electron chi connectivity index (χ0n) is 12.9. The van der Waals surface area contributed by atoms with Crippen molar-refractivity contribution in [2.75, 3.05) is 39.8 Å². The Hall–Kier alpha value is -0.160. The molecule has 0 aromatic heterocycles. The molecule has 2 atom stereocenters. The summed E-state index contributed by atoms with van der Waals surface area (Å²) in [5, 5.41) is 0. The molecule has 0 amide bonds. The van der Waals surface area contributed by atoms with Gasteiger partial charge in [-0.15, -0.1) is 0 Å². The van der Waals surface area contributed by atoms with Gasteiger partial charge >= 0.3 is 0 Å². The number of piperidine rings is 1. The molecule has 2 unspecified atom stereocenters. The Morgan fingerprint density at radius 1 is 1.37 bits per heavy atom. The van der Waals surface area contributed by atoms with Crippen LogP contribution in [0.2, 0.25) is 0 Å². The zero-order valence-corrected chi connectivity index (χ0v) is 12.9. The summed E-state index contributed by atoms with van der Waals surface area (Å²) in [5.41, 5.74) is 6.36. The van der Waals surface area contributed by atoms with Gasteiger partial charge in [-0.25, -0.2) is 0 Å². The molecule has 0 aromatic rings. The summed E-state index contributed by atoms with van der Waals surface area (Å²) in [7, 11) is 2.26. The Labute approximate surface area is 118 Å².